The smallest absolute Gasteiger partial charge is 0.338 e. The highest BCUT2D eigenvalue weighted by Gasteiger charge is 2.28. The van der Waals surface area contributed by atoms with Crippen molar-refractivity contribution in [3.63, 3.8) is 0 Å². The molecule has 9 heteroatoms. The van der Waals surface area contributed by atoms with E-state index in [1.165, 1.54) is 0 Å². The van der Waals surface area contributed by atoms with E-state index in [0.29, 0.717) is 24.2 Å². The number of anilines is 3. The molecule has 0 spiro atoms. The summed E-state index contributed by atoms with van der Waals surface area (Å²) in [6.07, 6.45) is 1.71. The number of hydrogen-bond donors (Lipinski definition) is 3. The monoisotopic (exact) mass is 403 g/mol. The fourth-order valence-electron chi connectivity index (χ4n) is 3.29. The highest BCUT2D eigenvalue weighted by molar-refractivity contribution is 5.89. The van der Waals surface area contributed by atoms with E-state index in [-0.39, 0.29) is 29.5 Å². The SMILES string of the molecule is CCOC(=O)c1ccc(CCCC(c2c(N)nc(N)nc2N)C(OC)OC)cc1. The Hall–Kier alpha value is -2.91. The number of aryl methyl sites for hydroxylation is 1. The van der Waals surface area contributed by atoms with Crippen LogP contribution in [0.15, 0.2) is 24.3 Å². The van der Waals surface area contributed by atoms with E-state index in [4.69, 9.17) is 31.4 Å². The first-order chi connectivity index (χ1) is 13.9. The van der Waals surface area contributed by atoms with Crippen LogP contribution < -0.4 is 17.2 Å². The number of carbonyl (C=O) groups is 1. The van der Waals surface area contributed by atoms with E-state index in [9.17, 15) is 4.79 Å². The van der Waals surface area contributed by atoms with E-state index in [2.05, 4.69) is 9.97 Å². The molecule has 0 saturated heterocycles. The molecule has 1 aromatic heterocycles. The topological polar surface area (TPSA) is 149 Å². The maximum atomic E-state index is 11.8. The fourth-order valence-corrected chi connectivity index (χ4v) is 3.29. The lowest BCUT2D eigenvalue weighted by molar-refractivity contribution is -0.119. The molecule has 0 aliphatic heterocycles. The number of esters is 1. The van der Waals surface area contributed by atoms with E-state index in [1.807, 2.05) is 12.1 Å². The molecule has 0 radical (unpaired) electrons. The Morgan fingerprint density at radius 1 is 1.03 bits per heavy atom. The van der Waals surface area contributed by atoms with Gasteiger partial charge in [-0.3, -0.25) is 0 Å². The summed E-state index contributed by atoms with van der Waals surface area (Å²) < 4.78 is 15.9. The van der Waals surface area contributed by atoms with Crippen LogP contribution in [0.2, 0.25) is 0 Å². The van der Waals surface area contributed by atoms with E-state index in [0.717, 1.165) is 18.4 Å². The van der Waals surface area contributed by atoms with Gasteiger partial charge in [-0.05, 0) is 43.9 Å². The van der Waals surface area contributed by atoms with Gasteiger partial charge in [0.1, 0.15) is 11.6 Å². The molecule has 1 aromatic carbocycles. The molecule has 1 heterocycles. The number of aromatic nitrogens is 2. The van der Waals surface area contributed by atoms with Crippen LogP contribution in [-0.2, 0) is 20.6 Å². The fraction of sp³-hybridized carbons (Fsp3) is 0.450. The van der Waals surface area contributed by atoms with E-state index >= 15 is 0 Å². The Bertz CT molecular complexity index is 786. The van der Waals surface area contributed by atoms with Crippen LogP contribution in [0.5, 0.6) is 0 Å². The summed E-state index contributed by atoms with van der Waals surface area (Å²) in [5.74, 6) is -0.118. The number of nitrogen functional groups attached to an aromatic ring is 3. The molecule has 158 valence electrons. The lowest BCUT2D eigenvalue weighted by atomic mass is 9.92. The minimum atomic E-state index is -0.557. The van der Waals surface area contributed by atoms with E-state index in [1.54, 1.807) is 33.3 Å². The van der Waals surface area contributed by atoms with Crippen molar-refractivity contribution >= 4 is 23.6 Å². The molecular weight excluding hydrogens is 374 g/mol. The zero-order chi connectivity index (χ0) is 21.4. The minimum Gasteiger partial charge on any atom is -0.462 e. The van der Waals surface area contributed by atoms with Gasteiger partial charge in [0.2, 0.25) is 5.95 Å². The average molecular weight is 403 g/mol. The molecule has 1 unspecified atom stereocenters. The Kier molecular flexibility index (Phi) is 8.17. The molecule has 0 fully saturated rings. The zero-order valence-corrected chi connectivity index (χ0v) is 17.1. The highest BCUT2D eigenvalue weighted by Crippen LogP contribution is 2.34. The molecule has 6 N–H and O–H groups in total. The van der Waals surface area contributed by atoms with Gasteiger partial charge >= 0.3 is 5.97 Å². The third-order valence-electron chi connectivity index (χ3n) is 4.63. The molecule has 29 heavy (non-hydrogen) atoms. The number of rotatable bonds is 10. The molecule has 0 amide bonds. The molecule has 9 nitrogen and oxygen atoms in total. The second kappa shape index (κ2) is 10.6. The van der Waals surface area contributed by atoms with Crippen LogP contribution >= 0.6 is 0 Å². The van der Waals surface area contributed by atoms with Gasteiger partial charge in [0.05, 0.1) is 12.2 Å². The van der Waals surface area contributed by atoms with Gasteiger partial charge in [0.25, 0.3) is 0 Å². The van der Waals surface area contributed by atoms with E-state index < -0.39 is 6.29 Å². The molecule has 2 aromatic rings. The Balaban J connectivity index is 2.10. The second-order valence-corrected chi connectivity index (χ2v) is 6.52. The zero-order valence-electron chi connectivity index (χ0n) is 17.1. The maximum absolute atomic E-state index is 11.8. The number of benzene rings is 1. The summed E-state index contributed by atoms with van der Waals surface area (Å²) in [4.78, 5) is 19.8. The Morgan fingerprint density at radius 3 is 2.14 bits per heavy atom. The van der Waals surface area contributed by atoms with Crippen LogP contribution in [0.1, 0.15) is 47.2 Å². The van der Waals surface area contributed by atoms with Gasteiger partial charge < -0.3 is 31.4 Å². The van der Waals surface area contributed by atoms with Crippen molar-refractivity contribution in [1.29, 1.82) is 0 Å². The predicted octanol–water partition coefficient (Wildman–Crippen LogP) is 2.13. The number of nitrogens with zero attached hydrogens (tertiary/aromatic N) is 2. The Morgan fingerprint density at radius 2 is 1.62 bits per heavy atom. The first-order valence-corrected chi connectivity index (χ1v) is 9.41. The number of hydrogen-bond acceptors (Lipinski definition) is 9. The average Bonchev–Trinajstić information content (AvgIpc) is 2.68. The first kappa shape index (κ1) is 22.4. The van der Waals surface area contributed by atoms with Crippen molar-refractivity contribution in [2.45, 2.75) is 38.4 Å². The molecule has 2 rings (SSSR count). The Labute approximate surface area is 170 Å². The summed E-state index contributed by atoms with van der Waals surface area (Å²) in [6, 6.07) is 7.37. The van der Waals surface area contributed by atoms with Crippen molar-refractivity contribution in [2.75, 3.05) is 38.0 Å². The number of ether oxygens (including phenoxy) is 3. The van der Waals surface area contributed by atoms with Crippen molar-refractivity contribution in [3.05, 3.63) is 41.0 Å². The molecular formula is C20H29N5O4. The van der Waals surface area contributed by atoms with Gasteiger partial charge in [0, 0.05) is 25.7 Å². The number of methoxy groups -OCH3 is 2. The first-order valence-electron chi connectivity index (χ1n) is 9.41. The molecule has 1 atom stereocenters. The van der Waals surface area contributed by atoms with Gasteiger partial charge in [0.15, 0.2) is 6.29 Å². The van der Waals surface area contributed by atoms with Crippen LogP contribution in [0, 0.1) is 0 Å². The summed E-state index contributed by atoms with van der Waals surface area (Å²) in [5.41, 5.74) is 19.9. The van der Waals surface area contributed by atoms with Crippen LogP contribution in [0.4, 0.5) is 17.6 Å². The van der Waals surface area contributed by atoms with Crippen molar-refractivity contribution in [1.82, 2.24) is 9.97 Å². The molecule has 0 aliphatic rings. The quantitative estimate of drug-likeness (QED) is 0.400. The summed E-state index contributed by atoms with van der Waals surface area (Å²) in [6.45, 7) is 2.13. The van der Waals surface area contributed by atoms with Gasteiger partial charge in [-0.2, -0.15) is 9.97 Å². The third-order valence-corrected chi connectivity index (χ3v) is 4.63. The second-order valence-electron chi connectivity index (χ2n) is 6.52. The lowest BCUT2D eigenvalue weighted by Crippen LogP contribution is -2.26. The van der Waals surface area contributed by atoms with Crippen LogP contribution in [0.3, 0.4) is 0 Å². The summed E-state index contributed by atoms with van der Waals surface area (Å²) >= 11 is 0. The summed E-state index contributed by atoms with van der Waals surface area (Å²) in [7, 11) is 3.11. The molecule has 0 aliphatic carbocycles. The molecule has 0 saturated carbocycles. The third kappa shape index (κ3) is 5.78. The predicted molar refractivity (Wildman–Crippen MR) is 111 cm³/mol. The highest BCUT2D eigenvalue weighted by atomic mass is 16.7. The van der Waals surface area contributed by atoms with Crippen LogP contribution in [-0.4, -0.2) is 43.1 Å². The van der Waals surface area contributed by atoms with Crippen molar-refractivity contribution in [3.8, 4) is 0 Å². The standard InChI is InChI=1S/C20H29N5O4/c1-4-29-18(26)13-10-8-12(9-11-13)6-5-7-14(19(27-2)28-3)15-16(21)24-20(23)25-17(15)22/h8-11,14,19H,4-7H2,1-3H3,(H6,21,22,23,24,25). The largest absolute Gasteiger partial charge is 0.462 e. The number of carbonyl (C=O) groups excluding carboxylic acids is 1. The van der Waals surface area contributed by atoms with Crippen molar-refractivity contribution in [2.24, 2.45) is 0 Å². The number of nitrogens with two attached hydrogens (primary N) is 3. The van der Waals surface area contributed by atoms with Gasteiger partial charge in [-0.15, -0.1) is 0 Å². The van der Waals surface area contributed by atoms with Crippen molar-refractivity contribution < 1.29 is 19.0 Å². The maximum Gasteiger partial charge on any atom is 0.338 e. The molecule has 0 bridgehead atoms. The van der Waals surface area contributed by atoms with Gasteiger partial charge in [-0.1, -0.05) is 12.1 Å². The minimum absolute atomic E-state index is 0.0237. The normalized spacial score (nSPS) is 12.1. The van der Waals surface area contributed by atoms with Crippen LogP contribution in [0.25, 0.3) is 0 Å². The lowest BCUT2D eigenvalue weighted by Gasteiger charge is -2.26. The van der Waals surface area contributed by atoms with Gasteiger partial charge in [-0.25, -0.2) is 4.79 Å². The summed E-state index contributed by atoms with van der Waals surface area (Å²) in [5, 5.41) is 0.